The number of halogens is 2. The molecule has 0 heterocycles. The summed E-state index contributed by atoms with van der Waals surface area (Å²) in [7, 11) is 1.97. The number of benzene rings is 1. The van der Waals surface area contributed by atoms with Crippen molar-refractivity contribution in [2.24, 2.45) is 5.92 Å². The smallest absolute Gasteiger partial charge is 0.141 e. The van der Waals surface area contributed by atoms with Gasteiger partial charge in [0, 0.05) is 32.1 Å². The Morgan fingerprint density at radius 3 is 2.67 bits per heavy atom. The summed E-state index contributed by atoms with van der Waals surface area (Å²) >= 11 is 5.77. The topological polar surface area (TPSA) is 20.3 Å². The van der Waals surface area contributed by atoms with Crippen LogP contribution in [0.1, 0.15) is 25.7 Å². The van der Waals surface area contributed by atoms with Gasteiger partial charge in [0.2, 0.25) is 0 Å². The van der Waals surface area contributed by atoms with Crippen LogP contribution in [0.2, 0.25) is 5.02 Å². The third-order valence-corrected chi connectivity index (χ3v) is 3.83. The van der Waals surface area contributed by atoms with Crippen molar-refractivity contribution in [3.63, 3.8) is 0 Å². The Morgan fingerprint density at radius 1 is 1.39 bits per heavy atom. The Balaban J connectivity index is 1.96. The lowest BCUT2D eigenvalue weighted by Gasteiger charge is -2.28. The minimum absolute atomic E-state index is 0.151. The van der Waals surface area contributed by atoms with Crippen LogP contribution in [0.25, 0.3) is 0 Å². The first kappa shape index (κ1) is 13.3. The molecule has 0 spiro atoms. The maximum absolute atomic E-state index is 13.1. The lowest BCUT2D eigenvalue weighted by atomic mass is 9.88. The number of Topliss-reactive ketones (excluding diaryl/α,β-unsaturated/α-hetero) is 1. The van der Waals surface area contributed by atoms with E-state index in [0.717, 1.165) is 25.1 Å². The van der Waals surface area contributed by atoms with Gasteiger partial charge in [-0.15, -0.1) is 0 Å². The second-order valence-corrected chi connectivity index (χ2v) is 5.37. The molecule has 2 nitrogen and oxygen atoms in total. The SMILES string of the molecule is CN(CC1CCC(=O)CC1)c1ccc(F)c(Cl)c1. The zero-order valence-electron chi connectivity index (χ0n) is 10.5. The summed E-state index contributed by atoms with van der Waals surface area (Å²) in [5.74, 6) is 0.521. The molecule has 1 aliphatic rings. The quantitative estimate of drug-likeness (QED) is 0.834. The lowest BCUT2D eigenvalue weighted by molar-refractivity contribution is -0.120. The number of hydrogen-bond acceptors (Lipinski definition) is 2. The van der Waals surface area contributed by atoms with Crippen LogP contribution in [-0.2, 0) is 4.79 Å². The van der Waals surface area contributed by atoms with E-state index in [2.05, 4.69) is 4.90 Å². The van der Waals surface area contributed by atoms with Gasteiger partial charge in [0.05, 0.1) is 5.02 Å². The number of ketones is 1. The zero-order valence-corrected chi connectivity index (χ0v) is 11.2. The highest BCUT2D eigenvalue weighted by Crippen LogP contribution is 2.26. The summed E-state index contributed by atoms with van der Waals surface area (Å²) < 4.78 is 13.1. The van der Waals surface area contributed by atoms with Gasteiger partial charge in [0.1, 0.15) is 11.6 Å². The van der Waals surface area contributed by atoms with Gasteiger partial charge in [-0.05, 0) is 37.0 Å². The van der Waals surface area contributed by atoms with Crippen molar-refractivity contribution >= 4 is 23.1 Å². The van der Waals surface area contributed by atoms with Gasteiger partial charge >= 0.3 is 0 Å². The molecule has 0 N–H and O–H groups in total. The van der Waals surface area contributed by atoms with Gasteiger partial charge in [-0.2, -0.15) is 0 Å². The van der Waals surface area contributed by atoms with Crippen LogP contribution in [0.15, 0.2) is 18.2 Å². The Bertz CT molecular complexity index is 439. The molecule has 0 atom stereocenters. The van der Waals surface area contributed by atoms with Crippen molar-refractivity contribution in [1.82, 2.24) is 0 Å². The third-order valence-electron chi connectivity index (χ3n) is 3.54. The molecule has 0 amide bonds. The zero-order chi connectivity index (χ0) is 13.1. The molecule has 1 aliphatic carbocycles. The fourth-order valence-corrected chi connectivity index (χ4v) is 2.57. The van der Waals surface area contributed by atoms with Crippen molar-refractivity contribution in [1.29, 1.82) is 0 Å². The van der Waals surface area contributed by atoms with Crippen LogP contribution in [-0.4, -0.2) is 19.4 Å². The first-order chi connectivity index (χ1) is 8.56. The van der Waals surface area contributed by atoms with Crippen molar-refractivity contribution in [3.8, 4) is 0 Å². The monoisotopic (exact) mass is 269 g/mol. The Labute approximate surface area is 112 Å². The number of hydrogen-bond donors (Lipinski definition) is 0. The molecule has 0 aliphatic heterocycles. The summed E-state index contributed by atoms with van der Waals surface area (Å²) in [4.78, 5) is 13.2. The second kappa shape index (κ2) is 5.70. The molecule has 98 valence electrons. The third kappa shape index (κ3) is 3.22. The van der Waals surface area contributed by atoms with Crippen molar-refractivity contribution in [3.05, 3.63) is 29.0 Å². The minimum atomic E-state index is -0.392. The van der Waals surface area contributed by atoms with E-state index in [1.807, 2.05) is 7.05 Å². The molecule has 0 bridgehead atoms. The van der Waals surface area contributed by atoms with Crippen LogP contribution in [0.4, 0.5) is 10.1 Å². The molecule has 1 saturated carbocycles. The van der Waals surface area contributed by atoms with Crippen LogP contribution < -0.4 is 4.90 Å². The average molecular weight is 270 g/mol. The van der Waals surface area contributed by atoms with E-state index in [-0.39, 0.29) is 5.02 Å². The van der Waals surface area contributed by atoms with E-state index in [4.69, 9.17) is 11.6 Å². The molecule has 0 radical (unpaired) electrons. The maximum atomic E-state index is 13.1. The minimum Gasteiger partial charge on any atom is -0.374 e. The first-order valence-electron chi connectivity index (χ1n) is 6.24. The number of carbonyl (C=O) groups excluding carboxylic acids is 1. The average Bonchev–Trinajstić information content (AvgIpc) is 2.35. The van der Waals surface area contributed by atoms with Crippen LogP contribution in [0, 0.1) is 11.7 Å². The first-order valence-corrected chi connectivity index (χ1v) is 6.62. The van der Waals surface area contributed by atoms with Crippen LogP contribution in [0.3, 0.4) is 0 Å². The highest BCUT2D eigenvalue weighted by molar-refractivity contribution is 6.31. The summed E-state index contributed by atoms with van der Waals surface area (Å²) in [5, 5.41) is 0.151. The molecule has 2 rings (SSSR count). The highest BCUT2D eigenvalue weighted by atomic mass is 35.5. The molecular weight excluding hydrogens is 253 g/mol. The summed E-state index contributed by atoms with van der Waals surface area (Å²) in [6.07, 6.45) is 3.31. The molecular formula is C14H17ClFNO. The molecule has 1 aromatic rings. The van der Waals surface area contributed by atoms with Crippen molar-refractivity contribution in [2.75, 3.05) is 18.5 Å². The van der Waals surface area contributed by atoms with Gasteiger partial charge < -0.3 is 4.90 Å². The van der Waals surface area contributed by atoms with Gasteiger partial charge in [0.15, 0.2) is 0 Å². The molecule has 0 saturated heterocycles. The van der Waals surface area contributed by atoms with Crippen LogP contribution >= 0.6 is 11.6 Å². The maximum Gasteiger partial charge on any atom is 0.141 e. The van der Waals surface area contributed by atoms with Gasteiger partial charge in [-0.1, -0.05) is 11.6 Å². The van der Waals surface area contributed by atoms with E-state index >= 15 is 0 Å². The van der Waals surface area contributed by atoms with Crippen LogP contribution in [0.5, 0.6) is 0 Å². The lowest BCUT2D eigenvalue weighted by Crippen LogP contribution is -2.28. The summed E-state index contributed by atoms with van der Waals surface area (Å²) in [5.41, 5.74) is 0.915. The molecule has 1 fully saturated rings. The highest BCUT2D eigenvalue weighted by Gasteiger charge is 2.20. The van der Waals surface area contributed by atoms with E-state index in [1.54, 1.807) is 12.1 Å². The van der Waals surface area contributed by atoms with E-state index in [0.29, 0.717) is 24.5 Å². The number of nitrogens with zero attached hydrogens (tertiary/aromatic N) is 1. The number of anilines is 1. The fourth-order valence-electron chi connectivity index (χ4n) is 2.40. The number of carbonyl (C=O) groups is 1. The van der Waals surface area contributed by atoms with Gasteiger partial charge in [-0.25, -0.2) is 4.39 Å². The predicted octanol–water partition coefficient (Wildman–Crippen LogP) is 3.67. The molecule has 0 aromatic heterocycles. The van der Waals surface area contributed by atoms with E-state index in [1.165, 1.54) is 6.07 Å². The predicted molar refractivity (Wildman–Crippen MR) is 71.6 cm³/mol. The van der Waals surface area contributed by atoms with Gasteiger partial charge in [-0.3, -0.25) is 4.79 Å². The normalized spacial score (nSPS) is 16.9. The fraction of sp³-hybridized carbons (Fsp3) is 0.500. The Kier molecular flexibility index (Phi) is 4.23. The summed E-state index contributed by atoms with van der Waals surface area (Å²) in [6.45, 7) is 0.884. The van der Waals surface area contributed by atoms with Crippen molar-refractivity contribution in [2.45, 2.75) is 25.7 Å². The molecule has 1 aromatic carbocycles. The van der Waals surface area contributed by atoms with Crippen molar-refractivity contribution < 1.29 is 9.18 Å². The Morgan fingerprint density at radius 2 is 2.06 bits per heavy atom. The standard InChI is InChI=1S/C14H17ClFNO/c1-17(9-10-2-5-12(18)6-3-10)11-4-7-14(16)13(15)8-11/h4,7-8,10H,2-3,5-6,9H2,1H3. The van der Waals surface area contributed by atoms with Gasteiger partial charge in [0.25, 0.3) is 0 Å². The summed E-state index contributed by atoms with van der Waals surface area (Å²) in [6, 6.07) is 4.76. The second-order valence-electron chi connectivity index (χ2n) is 4.96. The molecule has 0 unspecified atom stereocenters. The van der Waals surface area contributed by atoms with E-state index in [9.17, 15) is 9.18 Å². The molecule has 4 heteroatoms. The Hall–Kier alpha value is -1.09. The van der Waals surface area contributed by atoms with E-state index < -0.39 is 5.82 Å². The molecule has 18 heavy (non-hydrogen) atoms. The largest absolute Gasteiger partial charge is 0.374 e. The number of rotatable bonds is 3.